The molecule has 2 aromatic rings. The second-order valence-corrected chi connectivity index (χ2v) is 5.25. The van der Waals surface area contributed by atoms with Crippen LogP contribution in [0, 0.1) is 0 Å². The molecule has 1 aliphatic rings. The smallest absolute Gasteiger partial charge is 0.269 e. The lowest BCUT2D eigenvalue weighted by Gasteiger charge is -2.25. The molecule has 1 aromatic heterocycles. The van der Waals surface area contributed by atoms with Gasteiger partial charge >= 0.3 is 0 Å². The van der Waals surface area contributed by atoms with Gasteiger partial charge in [0.1, 0.15) is 12.4 Å². The Labute approximate surface area is 128 Å². The van der Waals surface area contributed by atoms with Crippen LogP contribution in [0.25, 0.3) is 0 Å². The summed E-state index contributed by atoms with van der Waals surface area (Å²) in [6, 6.07) is 13.4. The monoisotopic (exact) mass is 298 g/mol. The van der Waals surface area contributed by atoms with E-state index in [1.165, 1.54) is 0 Å². The second kappa shape index (κ2) is 6.43. The average molecular weight is 298 g/mol. The highest BCUT2D eigenvalue weighted by atomic mass is 16.5. The van der Waals surface area contributed by atoms with Gasteiger partial charge in [0.15, 0.2) is 11.5 Å². The summed E-state index contributed by atoms with van der Waals surface area (Å²) in [5.41, 5.74) is 5.36. The average Bonchev–Trinajstić information content (AvgIpc) is 3.02. The van der Waals surface area contributed by atoms with Gasteiger partial charge < -0.3 is 15.4 Å². The number of amides is 1. The van der Waals surface area contributed by atoms with E-state index in [-0.39, 0.29) is 11.7 Å². The van der Waals surface area contributed by atoms with E-state index in [9.17, 15) is 4.79 Å². The van der Waals surface area contributed by atoms with Gasteiger partial charge in [0.25, 0.3) is 5.91 Å². The number of nitrogens with zero attached hydrogens (tertiary/aromatic N) is 3. The van der Waals surface area contributed by atoms with Crippen molar-refractivity contribution in [3.63, 3.8) is 0 Å². The molecule has 0 radical (unpaired) electrons. The maximum atomic E-state index is 11.0. The molecule has 6 heteroatoms. The predicted molar refractivity (Wildman–Crippen MR) is 82.9 cm³/mol. The third-order valence-corrected chi connectivity index (χ3v) is 3.76. The molecule has 22 heavy (non-hydrogen) atoms. The fourth-order valence-corrected chi connectivity index (χ4v) is 2.63. The van der Waals surface area contributed by atoms with Crippen molar-refractivity contribution < 1.29 is 9.53 Å². The third kappa shape index (κ3) is 3.16. The van der Waals surface area contributed by atoms with Crippen LogP contribution in [0.15, 0.2) is 42.5 Å². The van der Waals surface area contributed by atoms with Gasteiger partial charge in [-0.25, -0.2) is 0 Å². The predicted octanol–water partition coefficient (Wildman–Crippen LogP) is 1.62. The third-order valence-electron chi connectivity index (χ3n) is 3.76. The SMILES string of the molecule is NC(=O)c1ccc(N2CCC[C@@H]2COc2ccccc2)nn1. The number of rotatable bonds is 5. The summed E-state index contributed by atoms with van der Waals surface area (Å²) in [6.45, 7) is 1.51. The van der Waals surface area contributed by atoms with Crippen LogP contribution in [0.5, 0.6) is 5.75 Å². The lowest BCUT2D eigenvalue weighted by Crippen LogP contribution is -2.35. The van der Waals surface area contributed by atoms with Gasteiger partial charge in [0, 0.05) is 6.54 Å². The van der Waals surface area contributed by atoms with Crippen LogP contribution in [0.3, 0.4) is 0 Å². The van der Waals surface area contributed by atoms with E-state index in [2.05, 4.69) is 15.1 Å². The summed E-state index contributed by atoms with van der Waals surface area (Å²) in [7, 11) is 0. The number of carbonyl (C=O) groups excluding carboxylic acids is 1. The molecule has 1 atom stereocenters. The molecule has 2 N–H and O–H groups in total. The van der Waals surface area contributed by atoms with E-state index in [4.69, 9.17) is 10.5 Å². The number of hydrogen-bond donors (Lipinski definition) is 1. The van der Waals surface area contributed by atoms with Crippen LogP contribution in [-0.4, -0.2) is 35.3 Å². The van der Waals surface area contributed by atoms with Crippen LogP contribution in [0.2, 0.25) is 0 Å². The minimum Gasteiger partial charge on any atom is -0.491 e. The Bertz CT molecular complexity index is 630. The number of primary amides is 1. The van der Waals surface area contributed by atoms with Crippen LogP contribution in [0.1, 0.15) is 23.3 Å². The lowest BCUT2D eigenvalue weighted by molar-refractivity contribution is 0.0994. The molecule has 0 saturated carbocycles. The van der Waals surface area contributed by atoms with E-state index < -0.39 is 5.91 Å². The minimum absolute atomic E-state index is 0.181. The molecule has 114 valence electrons. The molecule has 6 nitrogen and oxygen atoms in total. The van der Waals surface area contributed by atoms with Crippen molar-refractivity contribution >= 4 is 11.7 Å². The zero-order valence-electron chi connectivity index (χ0n) is 12.2. The maximum Gasteiger partial charge on any atom is 0.269 e. The van der Waals surface area contributed by atoms with Gasteiger partial charge in [0.2, 0.25) is 0 Å². The van der Waals surface area contributed by atoms with Gasteiger partial charge in [-0.15, -0.1) is 10.2 Å². The van der Waals surface area contributed by atoms with Crippen molar-refractivity contribution in [1.82, 2.24) is 10.2 Å². The molecule has 0 aliphatic carbocycles. The van der Waals surface area contributed by atoms with Gasteiger partial charge in [0.05, 0.1) is 6.04 Å². The summed E-state index contributed by atoms with van der Waals surface area (Å²) >= 11 is 0. The lowest BCUT2D eigenvalue weighted by atomic mass is 10.2. The highest BCUT2D eigenvalue weighted by Gasteiger charge is 2.26. The van der Waals surface area contributed by atoms with E-state index in [1.807, 2.05) is 30.3 Å². The molecule has 1 saturated heterocycles. The largest absolute Gasteiger partial charge is 0.491 e. The van der Waals surface area contributed by atoms with E-state index in [0.717, 1.165) is 31.0 Å². The molecule has 0 spiro atoms. The number of para-hydroxylation sites is 1. The topological polar surface area (TPSA) is 81.3 Å². The Morgan fingerprint density at radius 1 is 1.23 bits per heavy atom. The van der Waals surface area contributed by atoms with Crippen LogP contribution < -0.4 is 15.4 Å². The second-order valence-electron chi connectivity index (χ2n) is 5.25. The Morgan fingerprint density at radius 2 is 2.05 bits per heavy atom. The van der Waals surface area contributed by atoms with Crippen molar-refractivity contribution in [3.05, 3.63) is 48.2 Å². The summed E-state index contributed by atoms with van der Waals surface area (Å²) in [4.78, 5) is 13.2. The first-order valence-corrected chi connectivity index (χ1v) is 7.32. The number of aromatic nitrogens is 2. The van der Waals surface area contributed by atoms with Crippen molar-refractivity contribution in [1.29, 1.82) is 0 Å². The van der Waals surface area contributed by atoms with Gasteiger partial charge in [-0.05, 0) is 37.1 Å². The summed E-state index contributed by atoms with van der Waals surface area (Å²) in [5.74, 6) is 1.05. The minimum atomic E-state index is -0.565. The van der Waals surface area contributed by atoms with Crippen LogP contribution in [-0.2, 0) is 0 Å². The zero-order valence-corrected chi connectivity index (χ0v) is 12.2. The summed E-state index contributed by atoms with van der Waals surface area (Å²) < 4.78 is 5.84. The normalized spacial score (nSPS) is 17.5. The first kappa shape index (κ1) is 14.3. The van der Waals surface area contributed by atoms with E-state index in [1.54, 1.807) is 12.1 Å². The van der Waals surface area contributed by atoms with Crippen molar-refractivity contribution in [2.45, 2.75) is 18.9 Å². The first-order chi connectivity index (χ1) is 10.7. The number of anilines is 1. The van der Waals surface area contributed by atoms with Gasteiger partial charge in [-0.2, -0.15) is 0 Å². The highest BCUT2D eigenvalue weighted by molar-refractivity contribution is 5.90. The number of ether oxygens (including phenoxy) is 1. The Balaban J connectivity index is 1.66. The Kier molecular flexibility index (Phi) is 4.18. The van der Waals surface area contributed by atoms with Crippen molar-refractivity contribution in [3.8, 4) is 5.75 Å². The van der Waals surface area contributed by atoms with Crippen molar-refractivity contribution in [2.75, 3.05) is 18.1 Å². The molecule has 0 unspecified atom stereocenters. The number of benzene rings is 1. The van der Waals surface area contributed by atoms with Gasteiger partial charge in [-0.3, -0.25) is 4.79 Å². The molecule has 1 amide bonds. The summed E-state index contributed by atoms with van der Waals surface area (Å²) in [5, 5.41) is 7.98. The zero-order chi connectivity index (χ0) is 15.4. The molecule has 1 aliphatic heterocycles. The Morgan fingerprint density at radius 3 is 2.73 bits per heavy atom. The molecule has 0 bridgehead atoms. The standard InChI is InChI=1S/C16H18N4O2/c17-16(21)14-8-9-15(19-18-14)20-10-4-5-12(20)11-22-13-6-2-1-3-7-13/h1-3,6-9,12H,4-5,10-11H2,(H2,17,21)/t12-/m1/s1. The van der Waals surface area contributed by atoms with Gasteiger partial charge in [-0.1, -0.05) is 18.2 Å². The number of hydrogen-bond acceptors (Lipinski definition) is 5. The molecule has 2 heterocycles. The highest BCUT2D eigenvalue weighted by Crippen LogP contribution is 2.24. The Hall–Kier alpha value is -2.63. The molecule has 3 rings (SSSR count). The molecular weight excluding hydrogens is 280 g/mol. The van der Waals surface area contributed by atoms with Crippen LogP contribution in [0.4, 0.5) is 5.82 Å². The summed E-state index contributed by atoms with van der Waals surface area (Å²) in [6.07, 6.45) is 2.13. The first-order valence-electron chi connectivity index (χ1n) is 7.32. The fourth-order valence-electron chi connectivity index (χ4n) is 2.63. The molecule has 1 fully saturated rings. The maximum absolute atomic E-state index is 11.0. The molecular formula is C16H18N4O2. The van der Waals surface area contributed by atoms with E-state index >= 15 is 0 Å². The fraction of sp³-hybridized carbons (Fsp3) is 0.312. The van der Waals surface area contributed by atoms with E-state index in [0.29, 0.717) is 6.61 Å². The molecule has 1 aromatic carbocycles. The quantitative estimate of drug-likeness (QED) is 0.907. The number of nitrogens with two attached hydrogens (primary N) is 1. The van der Waals surface area contributed by atoms with Crippen LogP contribution >= 0.6 is 0 Å². The van der Waals surface area contributed by atoms with Crippen molar-refractivity contribution in [2.24, 2.45) is 5.73 Å². The number of carbonyl (C=O) groups is 1.